The molecule has 1 aliphatic rings. The number of nitrogens with two attached hydrogens (primary N) is 2. The van der Waals surface area contributed by atoms with Gasteiger partial charge >= 0.3 is 0 Å². The van der Waals surface area contributed by atoms with Gasteiger partial charge in [0.15, 0.2) is 17.3 Å². The molecule has 0 heterocycles. The molecule has 1 aromatic carbocycles. The number of Topliss-reactive ketones (excluding diaryl/α,β-unsaturated/α-hetero) is 1. The molecular weight excluding hydrogens is 244 g/mol. The first-order valence-electron chi connectivity index (χ1n) is 6.34. The van der Waals surface area contributed by atoms with E-state index in [0.717, 1.165) is 12.8 Å². The Balaban J connectivity index is 2.34. The molecule has 1 fully saturated rings. The molecule has 2 atom stereocenters. The summed E-state index contributed by atoms with van der Waals surface area (Å²) in [6.45, 7) is 0. The monoisotopic (exact) mass is 264 g/mol. The number of benzene rings is 1. The second kappa shape index (κ2) is 5.19. The van der Waals surface area contributed by atoms with E-state index in [-0.39, 0.29) is 11.8 Å². The number of rotatable bonds is 4. The lowest BCUT2D eigenvalue weighted by molar-refractivity contribution is 0.0879. The summed E-state index contributed by atoms with van der Waals surface area (Å²) < 4.78 is 10.4. The van der Waals surface area contributed by atoms with Crippen LogP contribution in [0.4, 0.5) is 0 Å². The molecule has 0 spiro atoms. The van der Waals surface area contributed by atoms with Crippen molar-refractivity contribution in [3.63, 3.8) is 0 Å². The zero-order valence-electron chi connectivity index (χ0n) is 11.3. The van der Waals surface area contributed by atoms with Crippen LogP contribution in [0.1, 0.15) is 29.6 Å². The first kappa shape index (κ1) is 13.8. The fraction of sp³-hybridized carbons (Fsp3) is 0.500. The summed E-state index contributed by atoms with van der Waals surface area (Å²) in [6, 6.07) is 4.77. The highest BCUT2D eigenvalue weighted by Crippen LogP contribution is 2.33. The number of ketones is 1. The minimum absolute atomic E-state index is 0.126. The van der Waals surface area contributed by atoms with Crippen LogP contribution < -0.4 is 20.9 Å². The standard InChI is InChI=1S/C14H20N2O3/c1-18-10-6-5-9(8-11(10)19-2)13(17)14(16)7-3-4-12(14)15/h5-6,8,12H,3-4,7,15-16H2,1-2H3. The zero-order chi connectivity index (χ0) is 14.0. The van der Waals surface area contributed by atoms with Crippen molar-refractivity contribution in [3.05, 3.63) is 23.8 Å². The van der Waals surface area contributed by atoms with Crippen LogP contribution in [-0.2, 0) is 0 Å². The molecular formula is C14H20N2O3. The van der Waals surface area contributed by atoms with Gasteiger partial charge in [-0.1, -0.05) is 0 Å². The molecule has 0 bridgehead atoms. The maximum absolute atomic E-state index is 12.5. The quantitative estimate of drug-likeness (QED) is 0.795. The Morgan fingerprint density at radius 1 is 1.32 bits per heavy atom. The first-order chi connectivity index (χ1) is 9.02. The molecule has 1 saturated carbocycles. The summed E-state index contributed by atoms with van der Waals surface area (Å²) in [6.07, 6.45) is 2.30. The number of methoxy groups -OCH3 is 2. The topological polar surface area (TPSA) is 87.6 Å². The molecule has 5 heteroatoms. The molecule has 0 saturated heterocycles. The zero-order valence-corrected chi connectivity index (χ0v) is 11.3. The van der Waals surface area contributed by atoms with Gasteiger partial charge in [0.2, 0.25) is 0 Å². The van der Waals surface area contributed by atoms with Crippen molar-refractivity contribution in [2.75, 3.05) is 14.2 Å². The number of carbonyl (C=O) groups excluding carboxylic acids is 1. The Hall–Kier alpha value is -1.59. The Morgan fingerprint density at radius 3 is 2.53 bits per heavy atom. The van der Waals surface area contributed by atoms with E-state index in [1.54, 1.807) is 25.3 Å². The Bertz CT molecular complexity index is 490. The average molecular weight is 264 g/mol. The van der Waals surface area contributed by atoms with Crippen molar-refractivity contribution < 1.29 is 14.3 Å². The second-order valence-corrected chi connectivity index (χ2v) is 4.94. The highest BCUT2D eigenvalue weighted by Gasteiger charge is 2.44. The number of ether oxygens (including phenoxy) is 2. The summed E-state index contributed by atoms with van der Waals surface area (Å²) in [5.41, 5.74) is 11.7. The van der Waals surface area contributed by atoms with Crippen molar-refractivity contribution >= 4 is 5.78 Å². The van der Waals surface area contributed by atoms with Crippen LogP contribution in [0.25, 0.3) is 0 Å². The number of carbonyl (C=O) groups is 1. The molecule has 19 heavy (non-hydrogen) atoms. The normalized spacial score (nSPS) is 26.2. The van der Waals surface area contributed by atoms with Gasteiger partial charge in [-0.3, -0.25) is 4.79 Å². The smallest absolute Gasteiger partial charge is 0.184 e. The van der Waals surface area contributed by atoms with Crippen molar-refractivity contribution in [1.82, 2.24) is 0 Å². The second-order valence-electron chi connectivity index (χ2n) is 4.94. The van der Waals surface area contributed by atoms with Crippen molar-refractivity contribution in [3.8, 4) is 11.5 Å². The molecule has 0 aliphatic heterocycles. The van der Waals surface area contributed by atoms with Gasteiger partial charge in [0.1, 0.15) is 0 Å². The molecule has 2 rings (SSSR count). The largest absolute Gasteiger partial charge is 0.493 e. The molecule has 0 radical (unpaired) electrons. The summed E-state index contributed by atoms with van der Waals surface area (Å²) in [4.78, 5) is 12.5. The van der Waals surface area contributed by atoms with Gasteiger partial charge in [0.25, 0.3) is 0 Å². The van der Waals surface area contributed by atoms with Gasteiger partial charge in [-0.05, 0) is 37.5 Å². The van der Waals surface area contributed by atoms with Crippen LogP contribution in [-0.4, -0.2) is 31.6 Å². The predicted molar refractivity (Wildman–Crippen MR) is 72.6 cm³/mol. The predicted octanol–water partition coefficient (Wildman–Crippen LogP) is 1.10. The van der Waals surface area contributed by atoms with Crippen LogP contribution in [0.2, 0.25) is 0 Å². The third kappa shape index (κ3) is 2.31. The van der Waals surface area contributed by atoms with Crippen LogP contribution in [0.5, 0.6) is 11.5 Å². The lowest BCUT2D eigenvalue weighted by atomic mass is 9.86. The fourth-order valence-electron chi connectivity index (χ4n) is 2.59. The maximum atomic E-state index is 12.5. The summed E-state index contributed by atoms with van der Waals surface area (Å²) >= 11 is 0. The van der Waals surface area contributed by atoms with E-state index >= 15 is 0 Å². The first-order valence-corrected chi connectivity index (χ1v) is 6.34. The van der Waals surface area contributed by atoms with E-state index in [4.69, 9.17) is 20.9 Å². The molecule has 1 aliphatic carbocycles. The van der Waals surface area contributed by atoms with Crippen molar-refractivity contribution in [1.29, 1.82) is 0 Å². The third-order valence-corrected chi connectivity index (χ3v) is 3.84. The molecule has 2 unspecified atom stereocenters. The highest BCUT2D eigenvalue weighted by molar-refractivity contribution is 6.04. The van der Waals surface area contributed by atoms with Gasteiger partial charge in [-0.15, -0.1) is 0 Å². The molecule has 104 valence electrons. The minimum Gasteiger partial charge on any atom is -0.493 e. The lowest BCUT2D eigenvalue weighted by Gasteiger charge is -2.27. The highest BCUT2D eigenvalue weighted by atomic mass is 16.5. The molecule has 0 aromatic heterocycles. The van der Waals surface area contributed by atoms with Crippen LogP contribution in [0.3, 0.4) is 0 Å². The fourth-order valence-corrected chi connectivity index (χ4v) is 2.59. The van der Waals surface area contributed by atoms with Crippen LogP contribution in [0, 0.1) is 0 Å². The van der Waals surface area contributed by atoms with Gasteiger partial charge < -0.3 is 20.9 Å². The Morgan fingerprint density at radius 2 is 2.00 bits per heavy atom. The van der Waals surface area contributed by atoms with Gasteiger partial charge in [-0.25, -0.2) is 0 Å². The SMILES string of the molecule is COc1ccc(C(=O)C2(N)CCCC2N)cc1OC. The van der Waals surface area contributed by atoms with Crippen LogP contribution in [0.15, 0.2) is 18.2 Å². The average Bonchev–Trinajstić information content (AvgIpc) is 2.78. The summed E-state index contributed by atoms with van der Waals surface area (Å²) in [5, 5.41) is 0. The van der Waals surface area contributed by atoms with E-state index < -0.39 is 5.54 Å². The molecule has 5 nitrogen and oxygen atoms in total. The lowest BCUT2D eigenvalue weighted by Crippen LogP contribution is -2.57. The van der Waals surface area contributed by atoms with E-state index in [9.17, 15) is 4.79 Å². The van der Waals surface area contributed by atoms with E-state index in [0.29, 0.717) is 23.5 Å². The summed E-state index contributed by atoms with van der Waals surface area (Å²) in [7, 11) is 3.09. The van der Waals surface area contributed by atoms with E-state index in [1.807, 2.05) is 0 Å². The molecule has 0 amide bonds. The number of hydrogen-bond acceptors (Lipinski definition) is 5. The van der Waals surface area contributed by atoms with E-state index in [1.165, 1.54) is 7.11 Å². The number of hydrogen-bond donors (Lipinski definition) is 2. The Labute approximate surface area is 112 Å². The molecule has 1 aromatic rings. The Kier molecular flexibility index (Phi) is 3.78. The summed E-state index contributed by atoms with van der Waals surface area (Å²) in [5.74, 6) is 0.975. The van der Waals surface area contributed by atoms with Crippen molar-refractivity contribution in [2.45, 2.75) is 30.8 Å². The third-order valence-electron chi connectivity index (χ3n) is 3.84. The molecule has 4 N–H and O–H groups in total. The van der Waals surface area contributed by atoms with Gasteiger partial charge in [-0.2, -0.15) is 0 Å². The van der Waals surface area contributed by atoms with Crippen LogP contribution >= 0.6 is 0 Å². The maximum Gasteiger partial charge on any atom is 0.184 e. The van der Waals surface area contributed by atoms with Crippen molar-refractivity contribution in [2.24, 2.45) is 11.5 Å². The van der Waals surface area contributed by atoms with E-state index in [2.05, 4.69) is 0 Å². The van der Waals surface area contributed by atoms with Gasteiger partial charge in [0, 0.05) is 11.6 Å². The minimum atomic E-state index is -0.959. The van der Waals surface area contributed by atoms with Gasteiger partial charge in [0.05, 0.1) is 19.8 Å².